The van der Waals surface area contributed by atoms with E-state index in [1.54, 1.807) is 0 Å². The van der Waals surface area contributed by atoms with Crippen molar-refractivity contribution in [2.45, 2.75) is 103 Å². The Hall–Kier alpha value is -0.380. The van der Waals surface area contributed by atoms with Crippen molar-refractivity contribution in [1.29, 1.82) is 0 Å². The molecule has 0 heterocycles. The van der Waals surface area contributed by atoms with Crippen LogP contribution in [-0.4, -0.2) is 61.8 Å². The van der Waals surface area contributed by atoms with Gasteiger partial charge in [0.05, 0.1) is 6.61 Å². The highest BCUT2D eigenvalue weighted by atomic mass is 16.3. The molecule has 1 N–H and O–H groups in total. The zero-order valence-corrected chi connectivity index (χ0v) is 19.6. The second-order valence-corrected chi connectivity index (χ2v) is 8.66. The van der Waals surface area contributed by atoms with Gasteiger partial charge in [-0.15, -0.1) is 0 Å². The fourth-order valence-corrected chi connectivity index (χ4v) is 3.67. The SMILES string of the molecule is CCCCCCCC/C=C\CCCCCCCCN(CCO)CCCN(C)C. The highest BCUT2D eigenvalue weighted by Gasteiger charge is 2.04. The Kier molecular flexibility index (Phi) is 22.6. The van der Waals surface area contributed by atoms with E-state index in [-0.39, 0.29) is 6.61 Å². The maximum atomic E-state index is 9.22. The van der Waals surface area contributed by atoms with Crippen molar-refractivity contribution in [2.75, 3.05) is 46.9 Å². The summed E-state index contributed by atoms with van der Waals surface area (Å²) in [7, 11) is 4.25. The normalized spacial score (nSPS) is 12.1. The Balaban J connectivity index is 3.37. The van der Waals surface area contributed by atoms with Gasteiger partial charge in [-0.05, 0) is 72.3 Å². The number of allylic oxidation sites excluding steroid dienone is 2. The van der Waals surface area contributed by atoms with Gasteiger partial charge in [-0.3, -0.25) is 0 Å². The first-order valence-corrected chi connectivity index (χ1v) is 12.3. The molecule has 0 saturated carbocycles. The second-order valence-electron chi connectivity index (χ2n) is 8.66. The van der Waals surface area contributed by atoms with Gasteiger partial charge in [-0.2, -0.15) is 0 Å². The molecule has 0 atom stereocenters. The van der Waals surface area contributed by atoms with E-state index in [1.807, 2.05) is 0 Å². The summed E-state index contributed by atoms with van der Waals surface area (Å²) in [5, 5.41) is 9.22. The average Bonchev–Trinajstić information content (AvgIpc) is 2.67. The number of hydrogen-bond acceptors (Lipinski definition) is 3. The molecule has 0 aliphatic heterocycles. The van der Waals surface area contributed by atoms with E-state index in [2.05, 4.69) is 43.0 Å². The zero-order chi connectivity index (χ0) is 20.7. The first-order valence-electron chi connectivity index (χ1n) is 12.3. The monoisotopic (exact) mass is 396 g/mol. The van der Waals surface area contributed by atoms with E-state index >= 15 is 0 Å². The van der Waals surface area contributed by atoms with Crippen LogP contribution in [0.2, 0.25) is 0 Å². The van der Waals surface area contributed by atoms with Gasteiger partial charge in [0.2, 0.25) is 0 Å². The quantitative estimate of drug-likeness (QED) is 0.172. The average molecular weight is 397 g/mol. The molecule has 0 aromatic rings. The molecular weight excluding hydrogens is 344 g/mol. The third kappa shape index (κ3) is 21.9. The summed E-state index contributed by atoms with van der Waals surface area (Å²) >= 11 is 0. The van der Waals surface area contributed by atoms with Gasteiger partial charge < -0.3 is 14.9 Å². The Bertz CT molecular complexity index is 318. The smallest absolute Gasteiger partial charge is 0.0558 e. The van der Waals surface area contributed by atoms with E-state index in [1.165, 1.54) is 96.3 Å². The first kappa shape index (κ1) is 27.6. The van der Waals surface area contributed by atoms with Crippen molar-refractivity contribution < 1.29 is 5.11 Å². The molecule has 3 nitrogen and oxygen atoms in total. The van der Waals surface area contributed by atoms with Gasteiger partial charge in [0.25, 0.3) is 0 Å². The number of aliphatic hydroxyl groups excluding tert-OH is 1. The third-order valence-electron chi connectivity index (χ3n) is 5.48. The largest absolute Gasteiger partial charge is 0.395 e. The minimum atomic E-state index is 0.286. The summed E-state index contributed by atoms with van der Waals surface area (Å²) in [5.74, 6) is 0. The Morgan fingerprint density at radius 1 is 0.571 bits per heavy atom. The fraction of sp³-hybridized carbons (Fsp3) is 0.920. The van der Waals surface area contributed by atoms with Gasteiger partial charge in [0.15, 0.2) is 0 Å². The van der Waals surface area contributed by atoms with Gasteiger partial charge in [-0.1, -0.05) is 76.9 Å². The molecule has 28 heavy (non-hydrogen) atoms. The lowest BCUT2D eigenvalue weighted by Crippen LogP contribution is -2.31. The van der Waals surface area contributed by atoms with Crippen LogP contribution in [0, 0.1) is 0 Å². The Morgan fingerprint density at radius 2 is 1.07 bits per heavy atom. The summed E-state index contributed by atoms with van der Waals surface area (Å²) < 4.78 is 0. The molecule has 0 unspecified atom stereocenters. The van der Waals surface area contributed by atoms with Crippen molar-refractivity contribution in [3.63, 3.8) is 0 Å². The molecule has 0 aromatic heterocycles. The minimum absolute atomic E-state index is 0.286. The van der Waals surface area contributed by atoms with Crippen LogP contribution in [0.4, 0.5) is 0 Å². The van der Waals surface area contributed by atoms with E-state index in [0.717, 1.165) is 26.2 Å². The minimum Gasteiger partial charge on any atom is -0.395 e. The molecule has 0 aromatic carbocycles. The van der Waals surface area contributed by atoms with Crippen molar-refractivity contribution in [3.05, 3.63) is 12.2 Å². The first-order chi connectivity index (χ1) is 13.7. The van der Waals surface area contributed by atoms with Gasteiger partial charge in [-0.25, -0.2) is 0 Å². The summed E-state index contributed by atoms with van der Waals surface area (Å²) in [6.07, 6.45) is 25.1. The summed E-state index contributed by atoms with van der Waals surface area (Å²) in [6, 6.07) is 0. The molecular formula is C25H52N2O. The van der Waals surface area contributed by atoms with Crippen molar-refractivity contribution in [1.82, 2.24) is 9.80 Å². The molecule has 0 rings (SSSR count). The molecule has 0 saturated heterocycles. The lowest BCUT2D eigenvalue weighted by atomic mass is 10.1. The third-order valence-corrected chi connectivity index (χ3v) is 5.48. The van der Waals surface area contributed by atoms with E-state index < -0.39 is 0 Å². The van der Waals surface area contributed by atoms with Crippen LogP contribution >= 0.6 is 0 Å². The fourth-order valence-electron chi connectivity index (χ4n) is 3.67. The molecule has 0 radical (unpaired) electrons. The van der Waals surface area contributed by atoms with Gasteiger partial charge in [0.1, 0.15) is 0 Å². The zero-order valence-electron chi connectivity index (χ0n) is 19.6. The van der Waals surface area contributed by atoms with Gasteiger partial charge >= 0.3 is 0 Å². The number of nitrogens with zero attached hydrogens (tertiary/aromatic N) is 2. The predicted octanol–water partition coefficient (Wildman–Crippen LogP) is 6.27. The molecule has 0 fully saturated rings. The topological polar surface area (TPSA) is 26.7 Å². The molecule has 0 spiro atoms. The molecule has 0 bridgehead atoms. The molecule has 168 valence electrons. The van der Waals surface area contributed by atoms with Crippen molar-refractivity contribution in [2.24, 2.45) is 0 Å². The van der Waals surface area contributed by atoms with Crippen LogP contribution in [0.15, 0.2) is 12.2 Å². The highest BCUT2D eigenvalue weighted by molar-refractivity contribution is 4.81. The lowest BCUT2D eigenvalue weighted by molar-refractivity contribution is 0.187. The number of unbranched alkanes of at least 4 members (excludes halogenated alkanes) is 12. The summed E-state index contributed by atoms with van der Waals surface area (Å²) in [5.41, 5.74) is 0. The number of hydrogen-bond donors (Lipinski definition) is 1. The predicted molar refractivity (Wildman–Crippen MR) is 126 cm³/mol. The molecule has 0 aliphatic carbocycles. The van der Waals surface area contributed by atoms with Crippen molar-refractivity contribution in [3.8, 4) is 0 Å². The summed E-state index contributed by atoms with van der Waals surface area (Å²) in [4.78, 5) is 4.67. The van der Waals surface area contributed by atoms with Crippen LogP contribution < -0.4 is 0 Å². The molecule has 3 heteroatoms. The van der Waals surface area contributed by atoms with Gasteiger partial charge in [0, 0.05) is 6.54 Å². The van der Waals surface area contributed by atoms with E-state index in [0.29, 0.717) is 0 Å². The summed E-state index contributed by atoms with van der Waals surface area (Å²) in [6.45, 7) is 6.80. The van der Waals surface area contributed by atoms with Crippen LogP contribution in [0.5, 0.6) is 0 Å². The maximum Gasteiger partial charge on any atom is 0.0558 e. The van der Waals surface area contributed by atoms with E-state index in [4.69, 9.17) is 0 Å². The number of aliphatic hydroxyl groups is 1. The second kappa shape index (κ2) is 22.9. The Morgan fingerprint density at radius 3 is 1.61 bits per heavy atom. The van der Waals surface area contributed by atoms with Crippen LogP contribution in [0.25, 0.3) is 0 Å². The molecule has 0 aliphatic rings. The van der Waals surface area contributed by atoms with Crippen LogP contribution in [-0.2, 0) is 0 Å². The lowest BCUT2D eigenvalue weighted by Gasteiger charge is -2.22. The van der Waals surface area contributed by atoms with Crippen molar-refractivity contribution >= 4 is 0 Å². The number of rotatable bonds is 22. The van der Waals surface area contributed by atoms with E-state index in [9.17, 15) is 5.11 Å². The highest BCUT2D eigenvalue weighted by Crippen LogP contribution is 2.10. The molecule has 0 amide bonds. The van der Waals surface area contributed by atoms with Crippen LogP contribution in [0.3, 0.4) is 0 Å². The Labute approximate surface area is 177 Å². The standard InChI is InChI=1S/C25H52N2O/c1-4-5-6-7-8-9-10-11-12-13-14-15-16-17-18-19-22-27(24-25-28)23-20-21-26(2)3/h11-12,28H,4-10,13-25H2,1-3H3/b12-11-. The maximum absolute atomic E-state index is 9.22. The van der Waals surface area contributed by atoms with Crippen LogP contribution in [0.1, 0.15) is 103 Å².